The van der Waals surface area contributed by atoms with Gasteiger partial charge in [-0.15, -0.1) is 0 Å². The van der Waals surface area contributed by atoms with Gasteiger partial charge in [-0.1, -0.05) is 72.6 Å². The molecule has 78 valence electrons. The van der Waals surface area contributed by atoms with Crippen molar-refractivity contribution in [3.8, 4) is 11.8 Å². The molecule has 0 heterocycles. The van der Waals surface area contributed by atoms with E-state index in [2.05, 4.69) is 54.3 Å². The molecule has 0 heteroatoms. The van der Waals surface area contributed by atoms with Crippen molar-refractivity contribution in [3.05, 3.63) is 65.8 Å². The average molecular weight is 206 g/mol. The molecule has 2 bridgehead atoms. The second kappa shape index (κ2) is 5.78. The Morgan fingerprint density at radius 3 is 2.88 bits per heavy atom. The summed E-state index contributed by atoms with van der Waals surface area (Å²) in [6.07, 6.45) is 14.0. The minimum atomic E-state index is 0.827. The number of fused-ring (bicyclic) bond motifs is 2. The van der Waals surface area contributed by atoms with Gasteiger partial charge in [-0.25, -0.2) is 0 Å². The number of hydrogen-bond donors (Lipinski definition) is 0. The fraction of sp³-hybridized carbons (Fsp3) is 0.125. The monoisotopic (exact) mass is 206 g/mol. The summed E-state index contributed by atoms with van der Waals surface area (Å²) in [6, 6.07) is 8.50. The lowest BCUT2D eigenvalue weighted by Gasteiger charge is -1.97. The van der Waals surface area contributed by atoms with Gasteiger partial charge in [0.1, 0.15) is 0 Å². The number of allylic oxidation sites excluding steroid dienone is 5. The second-order valence-corrected chi connectivity index (χ2v) is 3.65. The summed E-state index contributed by atoms with van der Waals surface area (Å²) in [5, 5.41) is 0. The van der Waals surface area contributed by atoms with Crippen molar-refractivity contribution in [3.63, 3.8) is 0 Å². The zero-order valence-corrected chi connectivity index (χ0v) is 9.19. The van der Waals surface area contributed by atoms with E-state index in [1.165, 1.54) is 11.1 Å². The van der Waals surface area contributed by atoms with Crippen molar-refractivity contribution in [2.45, 2.75) is 12.8 Å². The number of rotatable bonds is 0. The van der Waals surface area contributed by atoms with Crippen LogP contribution in [0.15, 0.2) is 54.6 Å². The highest BCUT2D eigenvalue weighted by molar-refractivity contribution is 5.52. The molecular formula is C16H14. The molecule has 0 saturated heterocycles. The zero-order chi connectivity index (χ0) is 11.1. The Labute approximate surface area is 97.0 Å². The maximum atomic E-state index is 3.18. The van der Waals surface area contributed by atoms with Crippen LogP contribution in [0.25, 0.3) is 6.08 Å². The maximum absolute atomic E-state index is 3.18. The van der Waals surface area contributed by atoms with Crippen LogP contribution in [-0.4, -0.2) is 0 Å². The first-order valence-corrected chi connectivity index (χ1v) is 5.50. The van der Waals surface area contributed by atoms with Gasteiger partial charge < -0.3 is 0 Å². The molecule has 0 N–H and O–H groups in total. The molecule has 0 amide bonds. The van der Waals surface area contributed by atoms with E-state index in [0.717, 1.165) is 12.8 Å². The van der Waals surface area contributed by atoms with E-state index < -0.39 is 0 Å². The van der Waals surface area contributed by atoms with Gasteiger partial charge in [0.15, 0.2) is 0 Å². The van der Waals surface area contributed by atoms with Gasteiger partial charge >= 0.3 is 0 Å². The molecule has 0 unspecified atom stereocenters. The lowest BCUT2D eigenvalue weighted by atomic mass is 10.1. The molecule has 1 aliphatic carbocycles. The molecule has 16 heavy (non-hydrogen) atoms. The summed E-state index contributed by atoms with van der Waals surface area (Å²) in [7, 11) is 0. The summed E-state index contributed by atoms with van der Waals surface area (Å²) in [4.78, 5) is 0. The van der Waals surface area contributed by atoms with Crippen LogP contribution in [0.5, 0.6) is 0 Å². The Hall–Kier alpha value is -2.00. The van der Waals surface area contributed by atoms with Crippen molar-refractivity contribution in [2.24, 2.45) is 0 Å². The van der Waals surface area contributed by atoms with Gasteiger partial charge in [-0.2, -0.15) is 0 Å². The molecule has 1 aromatic rings. The third kappa shape index (κ3) is 3.29. The highest BCUT2D eigenvalue weighted by atomic mass is 14.0. The molecule has 0 aromatic heterocycles. The Morgan fingerprint density at radius 1 is 0.938 bits per heavy atom. The van der Waals surface area contributed by atoms with E-state index in [-0.39, 0.29) is 0 Å². The minimum absolute atomic E-state index is 0.827. The van der Waals surface area contributed by atoms with Gasteiger partial charge in [0.05, 0.1) is 0 Å². The molecule has 0 saturated carbocycles. The molecule has 0 atom stereocenters. The number of benzene rings is 1. The lowest BCUT2D eigenvalue weighted by molar-refractivity contribution is 1.30. The smallest absolute Gasteiger partial charge is 0.0340 e. The van der Waals surface area contributed by atoms with Crippen molar-refractivity contribution >= 4 is 6.08 Å². The van der Waals surface area contributed by atoms with Gasteiger partial charge in [0.25, 0.3) is 0 Å². The third-order valence-electron chi connectivity index (χ3n) is 2.35. The highest BCUT2D eigenvalue weighted by Crippen LogP contribution is 2.08. The average Bonchev–Trinajstić information content (AvgIpc) is 2.32. The first-order chi connectivity index (χ1) is 7.95. The van der Waals surface area contributed by atoms with E-state index in [4.69, 9.17) is 0 Å². The molecular weight excluding hydrogens is 192 g/mol. The Bertz CT molecular complexity index is 490. The van der Waals surface area contributed by atoms with E-state index in [1.807, 2.05) is 18.2 Å². The Kier molecular flexibility index (Phi) is 3.80. The van der Waals surface area contributed by atoms with Crippen LogP contribution >= 0.6 is 0 Å². The van der Waals surface area contributed by atoms with E-state index >= 15 is 0 Å². The molecule has 0 radical (unpaired) electrons. The lowest BCUT2D eigenvalue weighted by Crippen LogP contribution is -1.82. The predicted molar refractivity (Wildman–Crippen MR) is 69.9 cm³/mol. The molecule has 0 fully saturated rings. The topological polar surface area (TPSA) is 0 Å². The van der Waals surface area contributed by atoms with Crippen LogP contribution in [0, 0.1) is 11.8 Å². The molecule has 1 aromatic carbocycles. The molecule has 2 rings (SSSR count). The van der Waals surface area contributed by atoms with Crippen molar-refractivity contribution in [1.82, 2.24) is 0 Å². The van der Waals surface area contributed by atoms with Crippen LogP contribution in [0.1, 0.15) is 17.5 Å². The third-order valence-corrected chi connectivity index (χ3v) is 2.35. The molecule has 0 aliphatic heterocycles. The van der Waals surface area contributed by atoms with Gasteiger partial charge in [0.2, 0.25) is 0 Å². The first-order valence-electron chi connectivity index (χ1n) is 5.50. The summed E-state index contributed by atoms with van der Waals surface area (Å²) >= 11 is 0. The van der Waals surface area contributed by atoms with Crippen LogP contribution in [0.2, 0.25) is 0 Å². The summed E-state index contributed by atoms with van der Waals surface area (Å²) in [5.41, 5.74) is 2.51. The van der Waals surface area contributed by atoms with Crippen LogP contribution < -0.4 is 0 Å². The molecule has 1 aliphatic rings. The fourth-order valence-corrected chi connectivity index (χ4v) is 1.54. The SMILES string of the molecule is C1#CCc2cccc(c2)\C=C/C=C\C=C/C1. The summed E-state index contributed by atoms with van der Waals surface area (Å²) < 4.78 is 0. The quantitative estimate of drug-likeness (QED) is 0.567. The first kappa shape index (κ1) is 10.5. The fourth-order valence-electron chi connectivity index (χ4n) is 1.54. The Balaban J connectivity index is 2.29. The predicted octanol–water partition coefficient (Wildman–Crippen LogP) is 3.76. The van der Waals surface area contributed by atoms with Crippen molar-refractivity contribution in [2.75, 3.05) is 0 Å². The van der Waals surface area contributed by atoms with Crippen LogP contribution in [-0.2, 0) is 6.42 Å². The zero-order valence-electron chi connectivity index (χ0n) is 9.19. The number of hydrogen-bond acceptors (Lipinski definition) is 0. The summed E-state index contributed by atoms with van der Waals surface area (Å²) in [5.74, 6) is 6.32. The van der Waals surface area contributed by atoms with Crippen LogP contribution in [0.3, 0.4) is 0 Å². The normalized spacial score (nSPS) is 20.2. The van der Waals surface area contributed by atoms with Gasteiger partial charge in [-0.3, -0.25) is 0 Å². The second-order valence-electron chi connectivity index (χ2n) is 3.65. The standard InChI is InChI=1S/C16H14/c1-2-4-6-8-11-16-13-9-12-15(14-16)10-7-5-3-1/h1-3,5,7,9-10,12-14H,4,11H2/b2-1-,5-3-,10-7-. The molecule has 0 nitrogen and oxygen atoms in total. The largest absolute Gasteiger partial charge is 0.0988 e. The summed E-state index contributed by atoms with van der Waals surface area (Å²) in [6.45, 7) is 0. The van der Waals surface area contributed by atoms with Crippen molar-refractivity contribution < 1.29 is 0 Å². The van der Waals surface area contributed by atoms with E-state index in [1.54, 1.807) is 0 Å². The maximum Gasteiger partial charge on any atom is 0.0340 e. The van der Waals surface area contributed by atoms with E-state index in [0.29, 0.717) is 0 Å². The van der Waals surface area contributed by atoms with E-state index in [9.17, 15) is 0 Å². The molecule has 0 spiro atoms. The van der Waals surface area contributed by atoms with Gasteiger partial charge in [-0.05, 0) is 11.1 Å². The van der Waals surface area contributed by atoms with Crippen LogP contribution in [0.4, 0.5) is 0 Å². The highest BCUT2D eigenvalue weighted by Gasteiger charge is 1.91. The Morgan fingerprint density at radius 2 is 1.88 bits per heavy atom. The van der Waals surface area contributed by atoms with Gasteiger partial charge in [0, 0.05) is 12.8 Å². The van der Waals surface area contributed by atoms with Crippen molar-refractivity contribution in [1.29, 1.82) is 0 Å². The minimum Gasteiger partial charge on any atom is -0.0988 e.